The van der Waals surface area contributed by atoms with Gasteiger partial charge in [-0.1, -0.05) is 29.5 Å². The van der Waals surface area contributed by atoms with Crippen LogP contribution >= 0.6 is 11.3 Å². The summed E-state index contributed by atoms with van der Waals surface area (Å²) in [5.74, 6) is 0. The van der Waals surface area contributed by atoms with E-state index >= 15 is 0 Å². The summed E-state index contributed by atoms with van der Waals surface area (Å²) in [7, 11) is 0. The molecule has 5 heteroatoms. The zero-order valence-electron chi connectivity index (χ0n) is 10.3. The van der Waals surface area contributed by atoms with Gasteiger partial charge in [0.2, 0.25) is 0 Å². The van der Waals surface area contributed by atoms with Crippen LogP contribution in [0.1, 0.15) is 5.56 Å². The average Bonchev–Trinajstić information content (AvgIpc) is 2.42. The van der Waals surface area contributed by atoms with Crippen LogP contribution in [-0.2, 0) is 0 Å². The lowest BCUT2D eigenvalue weighted by Gasteiger charge is -2.07. The maximum atomic E-state index is 11.9. The Morgan fingerprint density at radius 2 is 2.00 bits per heavy atom. The van der Waals surface area contributed by atoms with Gasteiger partial charge >= 0.3 is 0 Å². The molecule has 0 aliphatic rings. The Balaban J connectivity index is 2.07. The molecule has 1 aromatic carbocycles. The minimum Gasteiger partial charge on any atom is -0.331 e. The van der Waals surface area contributed by atoms with E-state index in [0.717, 1.165) is 11.3 Å². The van der Waals surface area contributed by atoms with E-state index < -0.39 is 0 Å². The van der Waals surface area contributed by atoms with Crippen molar-refractivity contribution in [1.29, 1.82) is 0 Å². The van der Waals surface area contributed by atoms with Crippen LogP contribution in [0.4, 0.5) is 10.8 Å². The van der Waals surface area contributed by atoms with Crippen molar-refractivity contribution in [1.82, 2.24) is 9.97 Å². The van der Waals surface area contributed by atoms with Crippen LogP contribution in [0.5, 0.6) is 0 Å². The predicted molar refractivity (Wildman–Crippen MR) is 78.1 cm³/mol. The molecule has 0 unspecified atom stereocenters. The Bertz CT molecular complexity index is 798. The highest BCUT2D eigenvalue weighted by atomic mass is 32.1. The summed E-state index contributed by atoms with van der Waals surface area (Å²) < 4.78 is 0. The molecule has 0 fully saturated rings. The standard InChI is InChI=1S/C14H11N3OS/c1-9-5-2-3-7-11(9)16-14-17-12(18)10-6-4-8-15-13(10)19-14/h2-8H,1H3,(H,16,17,18). The summed E-state index contributed by atoms with van der Waals surface area (Å²) in [6.07, 6.45) is 1.68. The lowest BCUT2D eigenvalue weighted by Crippen LogP contribution is -2.08. The van der Waals surface area contributed by atoms with Gasteiger partial charge in [0.25, 0.3) is 5.56 Å². The third-order valence-electron chi connectivity index (χ3n) is 2.78. The number of benzene rings is 1. The van der Waals surface area contributed by atoms with Gasteiger partial charge in [-0.15, -0.1) is 0 Å². The van der Waals surface area contributed by atoms with Gasteiger partial charge in [-0.2, -0.15) is 4.98 Å². The molecule has 0 aliphatic carbocycles. The summed E-state index contributed by atoms with van der Waals surface area (Å²) in [6, 6.07) is 11.4. The van der Waals surface area contributed by atoms with Gasteiger partial charge < -0.3 is 5.32 Å². The zero-order valence-corrected chi connectivity index (χ0v) is 11.1. The highest BCUT2D eigenvalue weighted by Crippen LogP contribution is 2.23. The number of aryl methyl sites for hydroxylation is 1. The molecule has 0 atom stereocenters. The first-order valence-corrected chi connectivity index (χ1v) is 6.64. The Labute approximate surface area is 113 Å². The topological polar surface area (TPSA) is 54.9 Å². The van der Waals surface area contributed by atoms with E-state index in [1.807, 2.05) is 31.2 Å². The number of rotatable bonds is 2. The second kappa shape index (κ2) is 4.78. The second-order valence-electron chi connectivity index (χ2n) is 4.12. The largest absolute Gasteiger partial charge is 0.331 e. The number of hydrogen-bond acceptors (Lipinski definition) is 5. The van der Waals surface area contributed by atoms with Gasteiger partial charge in [0.1, 0.15) is 4.83 Å². The Hall–Kier alpha value is -2.27. The molecule has 3 aromatic rings. The van der Waals surface area contributed by atoms with Crippen LogP contribution in [0.2, 0.25) is 0 Å². The normalized spacial score (nSPS) is 10.6. The third kappa shape index (κ3) is 2.32. The molecule has 0 radical (unpaired) electrons. The smallest absolute Gasteiger partial charge is 0.282 e. The maximum Gasteiger partial charge on any atom is 0.282 e. The van der Waals surface area contributed by atoms with Crippen LogP contribution in [0, 0.1) is 6.92 Å². The van der Waals surface area contributed by atoms with Gasteiger partial charge in [0.05, 0.1) is 5.39 Å². The van der Waals surface area contributed by atoms with Crippen molar-refractivity contribution in [2.45, 2.75) is 6.92 Å². The van der Waals surface area contributed by atoms with Crippen LogP contribution in [0.3, 0.4) is 0 Å². The first-order valence-electron chi connectivity index (χ1n) is 5.82. The molecule has 3 rings (SSSR count). The highest BCUT2D eigenvalue weighted by Gasteiger charge is 2.06. The lowest BCUT2D eigenvalue weighted by molar-refractivity contribution is 1.28. The van der Waals surface area contributed by atoms with Crippen LogP contribution < -0.4 is 10.9 Å². The lowest BCUT2D eigenvalue weighted by atomic mass is 10.2. The molecule has 1 N–H and O–H groups in total. The minimum absolute atomic E-state index is 0.252. The summed E-state index contributed by atoms with van der Waals surface area (Å²) in [4.78, 5) is 20.8. The van der Waals surface area contributed by atoms with Gasteiger partial charge in [-0.25, -0.2) is 4.98 Å². The minimum atomic E-state index is -0.252. The summed E-state index contributed by atoms with van der Waals surface area (Å²) >= 11 is 1.37. The quantitative estimate of drug-likeness (QED) is 0.776. The van der Waals surface area contributed by atoms with E-state index in [1.165, 1.54) is 11.3 Å². The Kier molecular flexibility index (Phi) is 2.97. The van der Waals surface area contributed by atoms with Crippen LogP contribution in [-0.4, -0.2) is 9.97 Å². The Morgan fingerprint density at radius 3 is 2.84 bits per heavy atom. The molecule has 0 saturated carbocycles. The van der Waals surface area contributed by atoms with E-state index in [-0.39, 0.29) is 5.56 Å². The number of anilines is 2. The third-order valence-corrected chi connectivity index (χ3v) is 3.69. The number of nitrogens with one attached hydrogen (secondary N) is 1. The average molecular weight is 269 g/mol. The molecule has 2 aromatic heterocycles. The number of pyridine rings is 1. The molecule has 0 amide bonds. The maximum absolute atomic E-state index is 11.9. The molecule has 94 valence electrons. The van der Waals surface area contributed by atoms with Crippen LogP contribution in [0.15, 0.2) is 47.4 Å². The van der Waals surface area contributed by atoms with E-state index in [0.29, 0.717) is 15.3 Å². The van der Waals surface area contributed by atoms with Gasteiger partial charge in [-0.3, -0.25) is 4.79 Å². The molecular formula is C14H11N3OS. The van der Waals surface area contributed by atoms with E-state index in [2.05, 4.69) is 15.3 Å². The fraction of sp³-hybridized carbons (Fsp3) is 0.0714. The zero-order chi connectivity index (χ0) is 13.2. The number of fused-ring (bicyclic) bond motifs is 1. The van der Waals surface area contributed by atoms with Crippen molar-refractivity contribution in [2.75, 3.05) is 5.32 Å². The number of hydrogen-bond donors (Lipinski definition) is 1. The van der Waals surface area contributed by atoms with Crippen LogP contribution in [0.25, 0.3) is 10.2 Å². The van der Waals surface area contributed by atoms with Gasteiger partial charge in [0.15, 0.2) is 5.13 Å². The van der Waals surface area contributed by atoms with E-state index in [4.69, 9.17) is 0 Å². The summed E-state index contributed by atoms with van der Waals surface area (Å²) in [5, 5.41) is 4.29. The molecule has 0 bridgehead atoms. The summed E-state index contributed by atoms with van der Waals surface area (Å²) in [5.41, 5.74) is 1.80. The second-order valence-corrected chi connectivity index (χ2v) is 5.10. The number of nitrogens with zero attached hydrogens (tertiary/aromatic N) is 2. The number of para-hydroxylation sites is 1. The van der Waals surface area contributed by atoms with Crippen molar-refractivity contribution >= 4 is 32.4 Å². The molecule has 2 heterocycles. The molecule has 19 heavy (non-hydrogen) atoms. The molecule has 0 saturated heterocycles. The first kappa shape index (κ1) is 11.8. The van der Waals surface area contributed by atoms with E-state index in [9.17, 15) is 4.79 Å². The van der Waals surface area contributed by atoms with Crippen molar-refractivity contribution in [3.8, 4) is 0 Å². The van der Waals surface area contributed by atoms with Crippen molar-refractivity contribution in [2.24, 2.45) is 0 Å². The van der Waals surface area contributed by atoms with E-state index in [1.54, 1.807) is 18.3 Å². The monoisotopic (exact) mass is 269 g/mol. The SMILES string of the molecule is Cc1ccccc1Nc1nc(=O)c2cccnc2s1. The van der Waals surface area contributed by atoms with Crippen molar-refractivity contribution in [3.63, 3.8) is 0 Å². The molecule has 4 nitrogen and oxygen atoms in total. The van der Waals surface area contributed by atoms with Crippen molar-refractivity contribution in [3.05, 3.63) is 58.5 Å². The Morgan fingerprint density at radius 1 is 1.16 bits per heavy atom. The van der Waals surface area contributed by atoms with Gasteiger partial charge in [-0.05, 0) is 30.7 Å². The molecular weight excluding hydrogens is 258 g/mol. The highest BCUT2D eigenvalue weighted by molar-refractivity contribution is 7.21. The molecule has 0 aliphatic heterocycles. The molecule has 0 spiro atoms. The predicted octanol–water partition coefficient (Wildman–Crippen LogP) is 3.10. The van der Waals surface area contributed by atoms with Crippen molar-refractivity contribution < 1.29 is 0 Å². The van der Waals surface area contributed by atoms with Gasteiger partial charge in [0, 0.05) is 11.9 Å². The fourth-order valence-corrected chi connectivity index (χ4v) is 2.64. The fourth-order valence-electron chi connectivity index (χ4n) is 1.78. The first-order chi connectivity index (χ1) is 9.24. The summed E-state index contributed by atoms with van der Waals surface area (Å²) in [6.45, 7) is 2.00. The number of aromatic nitrogens is 2.